The number of pyridine rings is 1. The van der Waals surface area contributed by atoms with Crippen LogP contribution in [0.2, 0.25) is 0 Å². The first kappa shape index (κ1) is 16.1. The van der Waals surface area contributed by atoms with Gasteiger partial charge in [-0.1, -0.05) is 26.8 Å². The van der Waals surface area contributed by atoms with Crippen molar-refractivity contribution in [3.8, 4) is 10.7 Å². The standard InChI is InChI=1S/C18H23N3OS/c1-18(2,3)17(22)21-9-7-13(12-21)11-14-5-4-6-15(20-14)16-19-8-10-23-16/h4-6,8,10,13H,7,9,11-12H2,1-3H3/t13-/m0/s1. The highest BCUT2D eigenvalue weighted by Gasteiger charge is 2.32. The zero-order valence-electron chi connectivity index (χ0n) is 14.0. The summed E-state index contributed by atoms with van der Waals surface area (Å²) >= 11 is 1.61. The van der Waals surface area contributed by atoms with Gasteiger partial charge in [0.25, 0.3) is 0 Å². The molecule has 0 N–H and O–H groups in total. The number of hydrogen-bond donors (Lipinski definition) is 0. The van der Waals surface area contributed by atoms with Crippen LogP contribution in [0.4, 0.5) is 0 Å². The van der Waals surface area contributed by atoms with E-state index in [9.17, 15) is 4.79 Å². The molecule has 3 heterocycles. The van der Waals surface area contributed by atoms with Gasteiger partial charge < -0.3 is 4.90 Å². The molecular weight excluding hydrogens is 306 g/mol. The molecule has 5 heteroatoms. The highest BCUT2D eigenvalue weighted by molar-refractivity contribution is 7.13. The molecule has 0 unspecified atom stereocenters. The van der Waals surface area contributed by atoms with E-state index in [2.05, 4.69) is 11.1 Å². The average Bonchev–Trinajstić information content (AvgIpc) is 3.17. The van der Waals surface area contributed by atoms with E-state index in [0.717, 1.165) is 42.3 Å². The van der Waals surface area contributed by atoms with Crippen LogP contribution in [0.15, 0.2) is 29.8 Å². The Balaban J connectivity index is 1.65. The first-order valence-corrected chi connectivity index (χ1v) is 8.96. The number of rotatable bonds is 3. The Morgan fingerprint density at radius 2 is 2.22 bits per heavy atom. The second-order valence-corrected chi connectivity index (χ2v) is 8.11. The van der Waals surface area contributed by atoms with Gasteiger partial charge in [-0.2, -0.15) is 0 Å². The number of likely N-dealkylation sites (tertiary alicyclic amines) is 1. The van der Waals surface area contributed by atoms with Crippen LogP contribution in [-0.4, -0.2) is 33.9 Å². The molecule has 0 aromatic carbocycles. The van der Waals surface area contributed by atoms with Gasteiger partial charge in [0, 0.05) is 35.8 Å². The molecule has 1 fully saturated rings. The number of carbonyl (C=O) groups excluding carboxylic acids is 1. The number of hydrogen-bond acceptors (Lipinski definition) is 4. The van der Waals surface area contributed by atoms with Crippen molar-refractivity contribution in [1.82, 2.24) is 14.9 Å². The van der Waals surface area contributed by atoms with Crippen LogP contribution < -0.4 is 0 Å². The van der Waals surface area contributed by atoms with E-state index in [1.165, 1.54) is 0 Å². The highest BCUT2D eigenvalue weighted by atomic mass is 32.1. The van der Waals surface area contributed by atoms with Gasteiger partial charge in [-0.15, -0.1) is 11.3 Å². The summed E-state index contributed by atoms with van der Waals surface area (Å²) in [4.78, 5) is 23.5. The first-order chi connectivity index (χ1) is 10.9. The molecular formula is C18H23N3OS. The first-order valence-electron chi connectivity index (χ1n) is 8.08. The van der Waals surface area contributed by atoms with Crippen LogP contribution >= 0.6 is 11.3 Å². The smallest absolute Gasteiger partial charge is 0.227 e. The topological polar surface area (TPSA) is 46.1 Å². The number of carbonyl (C=O) groups is 1. The van der Waals surface area contributed by atoms with Crippen LogP contribution in [-0.2, 0) is 11.2 Å². The Hall–Kier alpha value is -1.75. The van der Waals surface area contributed by atoms with E-state index < -0.39 is 0 Å². The lowest BCUT2D eigenvalue weighted by Gasteiger charge is -2.25. The minimum atomic E-state index is -0.294. The second-order valence-electron chi connectivity index (χ2n) is 7.21. The van der Waals surface area contributed by atoms with Crippen molar-refractivity contribution >= 4 is 17.2 Å². The van der Waals surface area contributed by atoms with Crippen molar-refractivity contribution in [2.24, 2.45) is 11.3 Å². The molecule has 1 atom stereocenters. The largest absolute Gasteiger partial charge is 0.342 e. The van der Waals surface area contributed by atoms with Crippen molar-refractivity contribution in [2.45, 2.75) is 33.6 Å². The summed E-state index contributed by atoms with van der Waals surface area (Å²) in [5, 5.41) is 2.93. The van der Waals surface area contributed by atoms with Crippen LogP contribution in [0.1, 0.15) is 32.9 Å². The molecule has 0 bridgehead atoms. The van der Waals surface area contributed by atoms with E-state index in [-0.39, 0.29) is 11.3 Å². The molecule has 1 aliphatic heterocycles. The molecule has 122 valence electrons. The molecule has 2 aromatic heterocycles. The van der Waals surface area contributed by atoms with E-state index in [0.29, 0.717) is 5.92 Å². The lowest BCUT2D eigenvalue weighted by atomic mass is 9.95. The second kappa shape index (κ2) is 6.40. The SMILES string of the molecule is CC(C)(C)C(=O)N1CC[C@@H](Cc2cccc(-c3nccs3)n2)C1. The summed E-state index contributed by atoms with van der Waals surface area (Å²) < 4.78 is 0. The molecule has 0 aliphatic carbocycles. The summed E-state index contributed by atoms with van der Waals surface area (Å²) in [6.07, 6.45) is 3.79. The van der Waals surface area contributed by atoms with Crippen molar-refractivity contribution in [2.75, 3.05) is 13.1 Å². The van der Waals surface area contributed by atoms with Gasteiger partial charge in [0.15, 0.2) is 0 Å². The monoisotopic (exact) mass is 329 g/mol. The maximum atomic E-state index is 12.4. The number of thiazole rings is 1. The lowest BCUT2D eigenvalue weighted by Crippen LogP contribution is -2.38. The van der Waals surface area contributed by atoms with Crippen LogP contribution in [0.5, 0.6) is 0 Å². The number of nitrogens with zero attached hydrogens (tertiary/aromatic N) is 3. The van der Waals surface area contributed by atoms with Gasteiger partial charge in [0.2, 0.25) is 5.91 Å². The minimum absolute atomic E-state index is 0.254. The van der Waals surface area contributed by atoms with Crippen LogP contribution in [0.3, 0.4) is 0 Å². The van der Waals surface area contributed by atoms with E-state index in [4.69, 9.17) is 4.98 Å². The van der Waals surface area contributed by atoms with Gasteiger partial charge in [0.05, 0.1) is 5.69 Å². The lowest BCUT2D eigenvalue weighted by molar-refractivity contribution is -0.138. The Morgan fingerprint density at radius 3 is 2.91 bits per heavy atom. The van der Waals surface area contributed by atoms with Crippen LogP contribution in [0.25, 0.3) is 10.7 Å². The molecule has 0 saturated carbocycles. The fraction of sp³-hybridized carbons (Fsp3) is 0.500. The molecule has 3 rings (SSSR count). The zero-order valence-corrected chi connectivity index (χ0v) is 14.8. The predicted molar refractivity (Wildman–Crippen MR) is 93.2 cm³/mol. The molecule has 0 radical (unpaired) electrons. The summed E-state index contributed by atoms with van der Waals surface area (Å²) in [7, 11) is 0. The molecule has 1 amide bonds. The van der Waals surface area contributed by atoms with Crippen molar-refractivity contribution < 1.29 is 4.79 Å². The van der Waals surface area contributed by atoms with Gasteiger partial charge in [0.1, 0.15) is 5.01 Å². The summed E-state index contributed by atoms with van der Waals surface area (Å²) in [5.41, 5.74) is 1.74. The van der Waals surface area contributed by atoms with Crippen LogP contribution in [0, 0.1) is 11.3 Å². The summed E-state index contributed by atoms with van der Waals surface area (Å²) in [6.45, 7) is 7.68. The van der Waals surface area contributed by atoms with Gasteiger partial charge >= 0.3 is 0 Å². The third kappa shape index (κ3) is 3.78. The third-order valence-electron chi connectivity index (χ3n) is 4.17. The van der Waals surface area contributed by atoms with Crippen molar-refractivity contribution in [3.05, 3.63) is 35.5 Å². The van der Waals surface area contributed by atoms with Gasteiger partial charge in [-0.25, -0.2) is 4.98 Å². The average molecular weight is 329 g/mol. The van der Waals surface area contributed by atoms with E-state index in [1.807, 2.05) is 43.2 Å². The Bertz CT molecular complexity index is 676. The van der Waals surface area contributed by atoms with E-state index in [1.54, 1.807) is 17.5 Å². The molecule has 4 nitrogen and oxygen atoms in total. The fourth-order valence-electron chi connectivity index (χ4n) is 3.02. The van der Waals surface area contributed by atoms with Crippen molar-refractivity contribution in [1.29, 1.82) is 0 Å². The quantitative estimate of drug-likeness (QED) is 0.863. The third-order valence-corrected chi connectivity index (χ3v) is 4.97. The number of amides is 1. The Morgan fingerprint density at radius 1 is 1.39 bits per heavy atom. The fourth-order valence-corrected chi connectivity index (χ4v) is 3.62. The van der Waals surface area contributed by atoms with Crippen molar-refractivity contribution in [3.63, 3.8) is 0 Å². The predicted octanol–water partition coefficient (Wildman–Crippen LogP) is 3.64. The van der Waals surface area contributed by atoms with E-state index >= 15 is 0 Å². The summed E-state index contributed by atoms with van der Waals surface area (Å²) in [5.74, 6) is 0.754. The Kier molecular flexibility index (Phi) is 4.48. The molecule has 0 spiro atoms. The highest BCUT2D eigenvalue weighted by Crippen LogP contribution is 2.26. The molecule has 1 saturated heterocycles. The summed E-state index contributed by atoms with van der Waals surface area (Å²) in [6, 6.07) is 6.13. The Labute approximate surface area is 141 Å². The van der Waals surface area contributed by atoms with Gasteiger partial charge in [-0.05, 0) is 30.9 Å². The molecule has 23 heavy (non-hydrogen) atoms. The zero-order chi connectivity index (χ0) is 16.4. The van der Waals surface area contributed by atoms with Gasteiger partial charge in [-0.3, -0.25) is 9.78 Å². The normalized spacial score (nSPS) is 18.4. The minimum Gasteiger partial charge on any atom is -0.342 e. The molecule has 2 aromatic rings. The maximum Gasteiger partial charge on any atom is 0.227 e. The molecule has 1 aliphatic rings. The maximum absolute atomic E-state index is 12.4. The number of aromatic nitrogens is 2.